The largest absolute Gasteiger partial charge is 0.487 e. The zero-order chi connectivity index (χ0) is 19.2. The van der Waals surface area contributed by atoms with E-state index in [9.17, 15) is 9.59 Å². The molecule has 3 rings (SSSR count). The predicted molar refractivity (Wildman–Crippen MR) is 102 cm³/mol. The first kappa shape index (κ1) is 18.7. The van der Waals surface area contributed by atoms with Gasteiger partial charge in [-0.3, -0.25) is 9.59 Å². The van der Waals surface area contributed by atoms with Crippen molar-refractivity contribution in [3.05, 3.63) is 70.5 Å². The number of primary amides is 1. The maximum absolute atomic E-state index is 12.0. The summed E-state index contributed by atoms with van der Waals surface area (Å²) in [6.45, 7) is -0.0337. The van der Waals surface area contributed by atoms with E-state index in [0.717, 1.165) is 10.0 Å². The summed E-state index contributed by atoms with van der Waals surface area (Å²) < 4.78 is 12.1. The first-order valence-corrected chi connectivity index (χ1v) is 8.80. The molecule has 0 aliphatic rings. The van der Waals surface area contributed by atoms with Gasteiger partial charge in [0.1, 0.15) is 24.3 Å². The molecule has 0 unspecified atom stereocenters. The summed E-state index contributed by atoms with van der Waals surface area (Å²) in [5.74, 6) is -0.0165. The minimum atomic E-state index is -0.608. The number of nitrogens with zero attached hydrogens (tertiary/aromatic N) is 1. The second-order valence-electron chi connectivity index (χ2n) is 5.62. The minimum Gasteiger partial charge on any atom is -0.487 e. The van der Waals surface area contributed by atoms with E-state index >= 15 is 0 Å². The molecule has 0 radical (unpaired) electrons. The summed E-state index contributed by atoms with van der Waals surface area (Å²) in [4.78, 5) is 27.1. The molecule has 0 fully saturated rings. The number of ether oxygens (including phenoxy) is 1. The van der Waals surface area contributed by atoms with Crippen LogP contribution in [0.3, 0.4) is 0 Å². The molecular weight excluding hydrogens is 414 g/mol. The maximum atomic E-state index is 12.0. The Morgan fingerprint density at radius 3 is 2.70 bits per heavy atom. The van der Waals surface area contributed by atoms with E-state index in [1.807, 2.05) is 24.3 Å². The molecule has 2 amide bonds. The number of halogens is 1. The van der Waals surface area contributed by atoms with Crippen LogP contribution in [0.2, 0.25) is 0 Å². The fraction of sp³-hybridized carbons (Fsp3) is 0.105. The van der Waals surface area contributed by atoms with Gasteiger partial charge >= 0.3 is 0 Å². The molecule has 1 aromatic heterocycles. The van der Waals surface area contributed by atoms with Crippen LogP contribution in [0.1, 0.15) is 16.1 Å². The first-order valence-electron chi connectivity index (χ1n) is 8.01. The lowest BCUT2D eigenvalue weighted by atomic mass is 10.2. The fourth-order valence-corrected chi connectivity index (χ4v) is 2.52. The standard InChI is InChI=1S/C19H16BrN3O4/c20-14-6-4-12(5-7-14)19-23-15(11-27-19)10-26-16-3-1-2-13(8-16)18(25)22-9-17(21)24/h1-8,11H,9-10H2,(H2,21,24)(H,22,25). The number of oxazole rings is 1. The molecule has 0 aliphatic carbocycles. The molecule has 0 saturated heterocycles. The highest BCUT2D eigenvalue weighted by Gasteiger charge is 2.10. The Kier molecular flexibility index (Phi) is 5.87. The Hall–Kier alpha value is -3.13. The van der Waals surface area contributed by atoms with E-state index < -0.39 is 11.8 Å². The van der Waals surface area contributed by atoms with Gasteiger partial charge in [0.25, 0.3) is 5.91 Å². The van der Waals surface area contributed by atoms with Crippen LogP contribution in [0.15, 0.2) is 63.7 Å². The molecule has 3 aromatic rings. The van der Waals surface area contributed by atoms with Gasteiger partial charge in [0.2, 0.25) is 11.8 Å². The summed E-state index contributed by atoms with van der Waals surface area (Å²) in [6.07, 6.45) is 1.53. The molecular formula is C19H16BrN3O4. The average molecular weight is 430 g/mol. The highest BCUT2D eigenvalue weighted by Crippen LogP contribution is 2.22. The second kappa shape index (κ2) is 8.50. The minimum absolute atomic E-state index is 0.187. The van der Waals surface area contributed by atoms with Crippen molar-refractivity contribution < 1.29 is 18.7 Å². The third-order valence-electron chi connectivity index (χ3n) is 3.55. The molecule has 2 aromatic carbocycles. The van der Waals surface area contributed by atoms with Gasteiger partial charge < -0.3 is 20.2 Å². The normalized spacial score (nSPS) is 10.4. The summed E-state index contributed by atoms with van der Waals surface area (Å²) >= 11 is 3.38. The molecule has 0 bridgehead atoms. The third-order valence-corrected chi connectivity index (χ3v) is 4.08. The smallest absolute Gasteiger partial charge is 0.251 e. The molecule has 1 heterocycles. The maximum Gasteiger partial charge on any atom is 0.251 e. The lowest BCUT2D eigenvalue weighted by Gasteiger charge is -2.07. The number of rotatable bonds is 7. The van der Waals surface area contributed by atoms with Crippen LogP contribution < -0.4 is 15.8 Å². The van der Waals surface area contributed by atoms with Gasteiger partial charge in [0, 0.05) is 15.6 Å². The first-order chi connectivity index (χ1) is 13.0. The van der Waals surface area contributed by atoms with Crippen molar-refractivity contribution >= 4 is 27.7 Å². The molecule has 0 aliphatic heterocycles. The van der Waals surface area contributed by atoms with Crippen molar-refractivity contribution in [2.45, 2.75) is 6.61 Å². The van der Waals surface area contributed by atoms with Crippen molar-refractivity contribution in [1.29, 1.82) is 0 Å². The topological polar surface area (TPSA) is 107 Å². The van der Waals surface area contributed by atoms with Crippen LogP contribution in [0, 0.1) is 0 Å². The van der Waals surface area contributed by atoms with Gasteiger partial charge in [-0.2, -0.15) is 0 Å². The number of amides is 2. The number of carbonyl (C=O) groups is 2. The number of carbonyl (C=O) groups excluding carboxylic acids is 2. The Labute approximate surface area is 163 Å². The monoisotopic (exact) mass is 429 g/mol. The number of nitrogens with one attached hydrogen (secondary N) is 1. The molecule has 0 spiro atoms. The summed E-state index contributed by atoms with van der Waals surface area (Å²) in [7, 11) is 0. The predicted octanol–water partition coefficient (Wildman–Crippen LogP) is 2.90. The number of hydrogen-bond donors (Lipinski definition) is 2. The molecule has 0 atom stereocenters. The van der Waals surface area contributed by atoms with Crippen LogP contribution in [-0.2, 0) is 11.4 Å². The van der Waals surface area contributed by atoms with Crippen molar-refractivity contribution in [2.24, 2.45) is 5.73 Å². The quantitative estimate of drug-likeness (QED) is 0.600. The molecule has 138 valence electrons. The van der Waals surface area contributed by atoms with Gasteiger partial charge in [-0.05, 0) is 42.5 Å². The lowest BCUT2D eigenvalue weighted by molar-refractivity contribution is -0.117. The van der Waals surface area contributed by atoms with Gasteiger partial charge in [0.05, 0.1) is 6.54 Å². The van der Waals surface area contributed by atoms with Crippen LogP contribution in [0.4, 0.5) is 0 Å². The summed E-state index contributed by atoms with van der Waals surface area (Å²) in [6, 6.07) is 14.2. The number of nitrogens with two attached hydrogens (primary N) is 1. The van der Waals surface area contributed by atoms with Crippen LogP contribution in [0.5, 0.6) is 5.75 Å². The van der Waals surface area contributed by atoms with E-state index in [0.29, 0.717) is 22.9 Å². The third kappa shape index (κ3) is 5.18. The highest BCUT2D eigenvalue weighted by molar-refractivity contribution is 9.10. The Bertz CT molecular complexity index is 954. The SMILES string of the molecule is NC(=O)CNC(=O)c1cccc(OCc2coc(-c3ccc(Br)cc3)n2)c1. The average Bonchev–Trinajstić information content (AvgIpc) is 3.14. The van der Waals surface area contributed by atoms with E-state index in [-0.39, 0.29) is 13.2 Å². The molecule has 0 saturated carbocycles. The van der Waals surface area contributed by atoms with Crippen molar-refractivity contribution in [2.75, 3.05) is 6.54 Å². The lowest BCUT2D eigenvalue weighted by Crippen LogP contribution is -2.33. The Balaban J connectivity index is 1.62. The molecule has 8 heteroatoms. The van der Waals surface area contributed by atoms with Crippen molar-refractivity contribution in [3.8, 4) is 17.2 Å². The molecule has 3 N–H and O–H groups in total. The zero-order valence-corrected chi connectivity index (χ0v) is 15.7. The zero-order valence-electron chi connectivity index (χ0n) is 14.1. The van der Waals surface area contributed by atoms with Gasteiger partial charge in [0.15, 0.2) is 0 Å². The second-order valence-corrected chi connectivity index (χ2v) is 6.53. The van der Waals surface area contributed by atoms with E-state index in [1.54, 1.807) is 24.3 Å². The van der Waals surface area contributed by atoms with Crippen LogP contribution in [-0.4, -0.2) is 23.3 Å². The Morgan fingerprint density at radius 1 is 1.19 bits per heavy atom. The van der Waals surface area contributed by atoms with Gasteiger partial charge in [-0.25, -0.2) is 4.98 Å². The molecule has 27 heavy (non-hydrogen) atoms. The number of hydrogen-bond acceptors (Lipinski definition) is 5. The van der Waals surface area contributed by atoms with E-state index in [2.05, 4.69) is 26.2 Å². The highest BCUT2D eigenvalue weighted by atomic mass is 79.9. The van der Waals surface area contributed by atoms with Gasteiger partial charge in [-0.15, -0.1) is 0 Å². The summed E-state index contributed by atoms with van der Waals surface area (Å²) in [5.41, 5.74) is 6.86. The fourth-order valence-electron chi connectivity index (χ4n) is 2.25. The van der Waals surface area contributed by atoms with E-state index in [1.165, 1.54) is 6.26 Å². The van der Waals surface area contributed by atoms with Crippen LogP contribution >= 0.6 is 15.9 Å². The summed E-state index contributed by atoms with van der Waals surface area (Å²) in [5, 5.41) is 2.43. The number of aromatic nitrogens is 1. The van der Waals surface area contributed by atoms with Gasteiger partial charge in [-0.1, -0.05) is 22.0 Å². The van der Waals surface area contributed by atoms with Crippen LogP contribution in [0.25, 0.3) is 11.5 Å². The number of benzene rings is 2. The Morgan fingerprint density at radius 2 is 1.96 bits per heavy atom. The van der Waals surface area contributed by atoms with E-state index in [4.69, 9.17) is 14.9 Å². The van der Waals surface area contributed by atoms with Crippen molar-refractivity contribution in [1.82, 2.24) is 10.3 Å². The van der Waals surface area contributed by atoms with Crippen molar-refractivity contribution in [3.63, 3.8) is 0 Å². The molecule has 7 nitrogen and oxygen atoms in total.